The fourth-order valence-electron chi connectivity index (χ4n) is 1.77. The van der Waals surface area contributed by atoms with Crippen molar-refractivity contribution in [3.8, 4) is 11.5 Å². The zero-order chi connectivity index (χ0) is 14.5. The molecule has 1 aromatic rings. The fourth-order valence-corrected chi connectivity index (χ4v) is 1.90. The highest BCUT2D eigenvalue weighted by atomic mass is 35.5. The number of fused-ring (bicyclic) bond motifs is 1. The van der Waals surface area contributed by atoms with E-state index in [1.807, 2.05) is 0 Å². The predicted octanol–water partition coefficient (Wildman–Crippen LogP) is 2.32. The van der Waals surface area contributed by atoms with Gasteiger partial charge in [0.15, 0.2) is 11.5 Å². The number of alkyl halides is 1. The van der Waals surface area contributed by atoms with Crippen LogP contribution in [0.5, 0.6) is 11.5 Å². The number of nitrogens with one attached hydrogen (secondary N) is 1. The second-order valence-electron chi connectivity index (χ2n) is 4.11. The van der Waals surface area contributed by atoms with Gasteiger partial charge in [-0.15, -0.1) is 11.6 Å². The smallest absolute Gasteiger partial charge is 0.296 e. The normalized spacial score (nSPS) is 12.8. The van der Waals surface area contributed by atoms with Gasteiger partial charge in [0.05, 0.1) is 11.0 Å². The Labute approximate surface area is 120 Å². The first-order valence-corrected chi connectivity index (χ1v) is 6.59. The van der Waals surface area contributed by atoms with Crippen LogP contribution in [0.3, 0.4) is 0 Å². The first kappa shape index (κ1) is 14.4. The number of ether oxygens (including phenoxy) is 2. The van der Waals surface area contributed by atoms with E-state index in [1.165, 1.54) is 12.1 Å². The molecule has 1 aliphatic rings. The average molecular weight is 301 g/mol. The maximum absolute atomic E-state index is 11.6. The molecule has 0 saturated heterocycles. The van der Waals surface area contributed by atoms with Crippen LogP contribution < -0.4 is 14.8 Å². The van der Waals surface area contributed by atoms with Gasteiger partial charge in [-0.3, -0.25) is 14.9 Å². The number of anilines is 1. The maximum atomic E-state index is 11.6. The summed E-state index contributed by atoms with van der Waals surface area (Å²) in [5.41, 5.74) is -0.132. The molecule has 1 aliphatic heterocycles. The van der Waals surface area contributed by atoms with Gasteiger partial charge < -0.3 is 14.8 Å². The van der Waals surface area contributed by atoms with Crippen molar-refractivity contribution >= 4 is 28.9 Å². The molecule has 0 aromatic heterocycles. The van der Waals surface area contributed by atoms with Crippen molar-refractivity contribution in [2.45, 2.75) is 12.8 Å². The number of carbonyl (C=O) groups is 1. The second kappa shape index (κ2) is 6.42. The standard InChI is InChI=1S/C12H13ClN2O5/c13-3-1-2-12(16)14-8-6-10-11(20-5-4-19-10)7-9(8)15(17)18/h6-7H,1-5H2,(H,14,16). The van der Waals surface area contributed by atoms with Gasteiger partial charge in [-0.25, -0.2) is 0 Å². The fraction of sp³-hybridized carbons (Fsp3) is 0.417. The van der Waals surface area contributed by atoms with Gasteiger partial charge in [-0.1, -0.05) is 0 Å². The van der Waals surface area contributed by atoms with E-state index in [1.54, 1.807) is 0 Å². The van der Waals surface area contributed by atoms with Gasteiger partial charge in [-0.05, 0) is 6.42 Å². The first-order chi connectivity index (χ1) is 9.61. The van der Waals surface area contributed by atoms with Crippen LogP contribution in [0.15, 0.2) is 12.1 Å². The Hall–Kier alpha value is -2.02. The molecule has 0 atom stereocenters. The minimum absolute atomic E-state index is 0.0961. The lowest BCUT2D eigenvalue weighted by atomic mass is 10.2. The lowest BCUT2D eigenvalue weighted by Gasteiger charge is -2.19. The van der Waals surface area contributed by atoms with E-state index >= 15 is 0 Å². The molecule has 108 valence electrons. The van der Waals surface area contributed by atoms with Crippen molar-refractivity contribution in [2.24, 2.45) is 0 Å². The molecular formula is C12H13ClN2O5. The maximum Gasteiger partial charge on any atom is 0.296 e. The molecule has 7 nitrogen and oxygen atoms in total. The third kappa shape index (κ3) is 3.30. The summed E-state index contributed by atoms with van der Waals surface area (Å²) in [7, 11) is 0. The second-order valence-corrected chi connectivity index (χ2v) is 4.49. The number of nitro benzene ring substituents is 1. The van der Waals surface area contributed by atoms with E-state index in [9.17, 15) is 14.9 Å². The van der Waals surface area contributed by atoms with Gasteiger partial charge in [-0.2, -0.15) is 0 Å². The number of hydrogen-bond donors (Lipinski definition) is 1. The lowest BCUT2D eigenvalue weighted by molar-refractivity contribution is -0.384. The van der Waals surface area contributed by atoms with E-state index in [0.717, 1.165) is 0 Å². The molecule has 0 saturated carbocycles. The van der Waals surface area contributed by atoms with Gasteiger partial charge in [0.1, 0.15) is 18.9 Å². The van der Waals surface area contributed by atoms with E-state index in [-0.39, 0.29) is 23.7 Å². The van der Waals surface area contributed by atoms with Crippen molar-refractivity contribution in [3.05, 3.63) is 22.2 Å². The van der Waals surface area contributed by atoms with Crippen molar-refractivity contribution in [2.75, 3.05) is 24.4 Å². The summed E-state index contributed by atoms with van der Waals surface area (Å²) >= 11 is 5.50. The molecule has 0 aliphatic carbocycles. The molecule has 1 amide bonds. The van der Waals surface area contributed by atoms with Crippen molar-refractivity contribution in [1.82, 2.24) is 0 Å². The van der Waals surface area contributed by atoms with Crippen LogP contribution >= 0.6 is 11.6 Å². The third-order valence-corrected chi connectivity index (χ3v) is 2.94. The summed E-state index contributed by atoms with van der Waals surface area (Å²) in [5.74, 6) is 0.720. The highest BCUT2D eigenvalue weighted by molar-refractivity contribution is 6.18. The van der Waals surface area contributed by atoms with Gasteiger partial charge in [0.2, 0.25) is 5.91 Å². The van der Waals surface area contributed by atoms with Crippen LogP contribution in [0.4, 0.5) is 11.4 Å². The van der Waals surface area contributed by atoms with E-state index in [4.69, 9.17) is 21.1 Å². The van der Waals surface area contributed by atoms with Crippen LogP contribution in [-0.4, -0.2) is 29.9 Å². The number of carbonyl (C=O) groups excluding carboxylic acids is 1. The third-order valence-electron chi connectivity index (χ3n) is 2.67. The van der Waals surface area contributed by atoms with Crippen LogP contribution in [0.2, 0.25) is 0 Å². The molecule has 8 heteroatoms. The first-order valence-electron chi connectivity index (χ1n) is 6.05. The molecule has 20 heavy (non-hydrogen) atoms. The predicted molar refractivity (Wildman–Crippen MR) is 72.7 cm³/mol. The van der Waals surface area contributed by atoms with Crippen molar-refractivity contribution < 1.29 is 19.2 Å². The van der Waals surface area contributed by atoms with Gasteiger partial charge >= 0.3 is 0 Å². The minimum Gasteiger partial charge on any atom is -0.486 e. The van der Waals surface area contributed by atoms with Gasteiger partial charge in [0.25, 0.3) is 5.69 Å². The SMILES string of the molecule is O=C(CCCCl)Nc1cc2c(cc1[N+](=O)[O-])OCCO2. The average Bonchev–Trinajstić information content (AvgIpc) is 2.44. The minimum atomic E-state index is -0.574. The lowest BCUT2D eigenvalue weighted by Crippen LogP contribution is -2.17. The number of benzene rings is 1. The Bertz CT molecular complexity index is 535. The van der Waals surface area contributed by atoms with E-state index in [2.05, 4.69) is 5.32 Å². The van der Waals surface area contributed by atoms with Crippen LogP contribution in [-0.2, 0) is 4.79 Å². The molecule has 0 spiro atoms. The molecule has 0 fully saturated rings. The largest absolute Gasteiger partial charge is 0.486 e. The monoisotopic (exact) mass is 300 g/mol. The molecule has 0 radical (unpaired) electrons. The van der Waals surface area contributed by atoms with Crippen molar-refractivity contribution in [1.29, 1.82) is 0 Å². The molecule has 2 rings (SSSR count). The van der Waals surface area contributed by atoms with Crippen LogP contribution in [0.1, 0.15) is 12.8 Å². The highest BCUT2D eigenvalue weighted by Crippen LogP contribution is 2.39. The zero-order valence-electron chi connectivity index (χ0n) is 10.6. The molecule has 0 unspecified atom stereocenters. The summed E-state index contributed by atoms with van der Waals surface area (Å²) in [4.78, 5) is 22.1. The summed E-state index contributed by atoms with van der Waals surface area (Å²) < 4.78 is 10.6. The Morgan fingerprint density at radius 2 is 2.00 bits per heavy atom. The number of nitrogens with zero attached hydrogens (tertiary/aromatic N) is 1. The Morgan fingerprint density at radius 3 is 2.60 bits per heavy atom. The van der Waals surface area contributed by atoms with Crippen molar-refractivity contribution in [3.63, 3.8) is 0 Å². The zero-order valence-corrected chi connectivity index (χ0v) is 11.3. The summed E-state index contributed by atoms with van der Waals surface area (Å²) in [6, 6.07) is 2.66. The Kier molecular flexibility index (Phi) is 4.62. The number of halogens is 1. The highest BCUT2D eigenvalue weighted by Gasteiger charge is 2.23. The number of nitro groups is 1. The van der Waals surface area contributed by atoms with Crippen LogP contribution in [0.25, 0.3) is 0 Å². The summed E-state index contributed by atoms with van der Waals surface area (Å²) in [6.45, 7) is 0.704. The molecular weight excluding hydrogens is 288 g/mol. The number of amides is 1. The molecule has 1 N–H and O–H groups in total. The van der Waals surface area contributed by atoms with Crippen LogP contribution in [0, 0.1) is 10.1 Å². The van der Waals surface area contributed by atoms with Gasteiger partial charge in [0, 0.05) is 18.4 Å². The summed E-state index contributed by atoms with van der Waals surface area (Å²) in [5, 5.41) is 13.5. The van der Waals surface area contributed by atoms with E-state index in [0.29, 0.717) is 37.0 Å². The Balaban J connectivity index is 2.25. The quantitative estimate of drug-likeness (QED) is 0.512. The Morgan fingerprint density at radius 1 is 1.35 bits per heavy atom. The molecule has 0 bridgehead atoms. The topological polar surface area (TPSA) is 90.7 Å². The number of hydrogen-bond acceptors (Lipinski definition) is 5. The summed E-state index contributed by atoms with van der Waals surface area (Å²) in [6.07, 6.45) is 0.709. The molecule has 1 heterocycles. The number of rotatable bonds is 5. The van der Waals surface area contributed by atoms with E-state index < -0.39 is 4.92 Å². The molecule has 1 aromatic carbocycles.